The number of nitrogens with one attached hydrogen (secondary N) is 1. The molecule has 0 aliphatic heterocycles. The SMILES string of the molecule is O=C(CSc1ncnc2sc3c(c12)CCCC3)N/N=C\c1cccnc1. The van der Waals surface area contributed by atoms with Crippen molar-refractivity contribution in [3.8, 4) is 0 Å². The van der Waals surface area contributed by atoms with E-state index < -0.39 is 0 Å². The number of hydrazone groups is 1. The molecular formula is C18H17N5OS2. The molecule has 0 fully saturated rings. The zero-order chi connectivity index (χ0) is 17.8. The van der Waals surface area contributed by atoms with Crippen LogP contribution < -0.4 is 5.43 Å². The van der Waals surface area contributed by atoms with Crippen molar-refractivity contribution in [2.75, 3.05) is 5.75 Å². The third-order valence-corrected chi connectivity index (χ3v) is 6.33. The summed E-state index contributed by atoms with van der Waals surface area (Å²) in [6.07, 6.45) is 11.2. The molecule has 0 unspecified atom stereocenters. The predicted octanol–water partition coefficient (Wildman–Crippen LogP) is 3.21. The van der Waals surface area contributed by atoms with Crippen LogP contribution in [0.3, 0.4) is 0 Å². The molecular weight excluding hydrogens is 366 g/mol. The fourth-order valence-corrected chi connectivity index (χ4v) is 5.08. The molecule has 3 heterocycles. The van der Waals surface area contributed by atoms with Crippen LogP contribution in [-0.2, 0) is 17.6 Å². The summed E-state index contributed by atoms with van der Waals surface area (Å²) in [5, 5.41) is 6.00. The highest BCUT2D eigenvalue weighted by Gasteiger charge is 2.20. The van der Waals surface area contributed by atoms with Gasteiger partial charge in [0.1, 0.15) is 16.2 Å². The summed E-state index contributed by atoms with van der Waals surface area (Å²) in [7, 11) is 0. The first-order chi connectivity index (χ1) is 12.8. The van der Waals surface area contributed by atoms with Crippen LogP contribution in [0.4, 0.5) is 0 Å². The second kappa shape index (κ2) is 7.92. The molecule has 0 aromatic carbocycles. The quantitative estimate of drug-likeness (QED) is 0.317. The van der Waals surface area contributed by atoms with Crippen LogP contribution in [-0.4, -0.2) is 32.8 Å². The molecule has 1 aliphatic rings. The number of aryl methyl sites for hydroxylation is 2. The second-order valence-electron chi connectivity index (χ2n) is 5.94. The minimum atomic E-state index is -0.161. The highest BCUT2D eigenvalue weighted by Crippen LogP contribution is 2.39. The maximum atomic E-state index is 12.1. The summed E-state index contributed by atoms with van der Waals surface area (Å²) >= 11 is 3.20. The second-order valence-corrected chi connectivity index (χ2v) is 7.99. The molecule has 0 saturated carbocycles. The van der Waals surface area contributed by atoms with E-state index in [0.29, 0.717) is 0 Å². The van der Waals surface area contributed by atoms with E-state index in [1.54, 1.807) is 36.3 Å². The number of thiophene rings is 1. The number of aromatic nitrogens is 3. The number of fused-ring (bicyclic) bond motifs is 3. The van der Waals surface area contributed by atoms with Crippen molar-refractivity contribution in [1.82, 2.24) is 20.4 Å². The van der Waals surface area contributed by atoms with E-state index in [-0.39, 0.29) is 11.7 Å². The molecule has 0 saturated heterocycles. The molecule has 8 heteroatoms. The molecule has 1 N–H and O–H groups in total. The van der Waals surface area contributed by atoms with Gasteiger partial charge in [0.15, 0.2) is 0 Å². The van der Waals surface area contributed by atoms with Crippen LogP contribution in [0.1, 0.15) is 28.8 Å². The van der Waals surface area contributed by atoms with Crippen molar-refractivity contribution >= 4 is 45.4 Å². The Bertz CT molecular complexity index is 955. The maximum absolute atomic E-state index is 12.1. The Kier molecular flexibility index (Phi) is 5.21. The van der Waals surface area contributed by atoms with Crippen molar-refractivity contribution in [3.05, 3.63) is 46.9 Å². The Morgan fingerprint density at radius 3 is 3.15 bits per heavy atom. The molecule has 4 rings (SSSR count). The minimum absolute atomic E-state index is 0.161. The molecule has 0 atom stereocenters. The molecule has 1 aliphatic carbocycles. The van der Waals surface area contributed by atoms with Gasteiger partial charge in [0.25, 0.3) is 0 Å². The first-order valence-electron chi connectivity index (χ1n) is 8.41. The van der Waals surface area contributed by atoms with Gasteiger partial charge in [-0.2, -0.15) is 5.10 Å². The number of pyridine rings is 1. The van der Waals surface area contributed by atoms with Crippen LogP contribution in [0.25, 0.3) is 10.2 Å². The lowest BCUT2D eigenvalue weighted by atomic mass is 9.97. The highest BCUT2D eigenvalue weighted by molar-refractivity contribution is 8.00. The third kappa shape index (κ3) is 3.76. The lowest BCUT2D eigenvalue weighted by Crippen LogP contribution is -2.19. The largest absolute Gasteiger partial charge is 0.272 e. The Morgan fingerprint density at radius 2 is 2.27 bits per heavy atom. The number of nitrogens with zero attached hydrogens (tertiary/aromatic N) is 4. The number of carbonyl (C=O) groups is 1. The van der Waals surface area contributed by atoms with Crippen molar-refractivity contribution in [1.29, 1.82) is 0 Å². The van der Waals surface area contributed by atoms with Gasteiger partial charge in [-0.1, -0.05) is 17.8 Å². The topological polar surface area (TPSA) is 80.1 Å². The zero-order valence-electron chi connectivity index (χ0n) is 14.0. The lowest BCUT2D eigenvalue weighted by Gasteiger charge is -2.11. The van der Waals surface area contributed by atoms with E-state index in [0.717, 1.165) is 33.6 Å². The predicted molar refractivity (Wildman–Crippen MR) is 105 cm³/mol. The smallest absolute Gasteiger partial charge is 0.250 e. The molecule has 132 valence electrons. The molecule has 3 aromatic heterocycles. The van der Waals surface area contributed by atoms with E-state index >= 15 is 0 Å². The first-order valence-corrected chi connectivity index (χ1v) is 10.2. The van der Waals surface area contributed by atoms with Gasteiger partial charge in [-0.15, -0.1) is 11.3 Å². The van der Waals surface area contributed by atoms with Gasteiger partial charge in [-0.3, -0.25) is 9.78 Å². The average molecular weight is 384 g/mol. The number of carbonyl (C=O) groups excluding carboxylic acids is 1. The average Bonchev–Trinajstić information content (AvgIpc) is 3.06. The van der Waals surface area contributed by atoms with Gasteiger partial charge in [-0.05, 0) is 37.3 Å². The van der Waals surface area contributed by atoms with E-state index in [1.165, 1.54) is 35.0 Å². The van der Waals surface area contributed by atoms with Crippen LogP contribution in [0, 0.1) is 0 Å². The molecule has 0 radical (unpaired) electrons. The highest BCUT2D eigenvalue weighted by atomic mass is 32.2. The Labute approximate surface area is 159 Å². The van der Waals surface area contributed by atoms with E-state index in [9.17, 15) is 4.79 Å². The van der Waals surface area contributed by atoms with Gasteiger partial charge >= 0.3 is 0 Å². The zero-order valence-corrected chi connectivity index (χ0v) is 15.6. The van der Waals surface area contributed by atoms with Crippen molar-refractivity contribution in [3.63, 3.8) is 0 Å². The normalized spacial score (nSPS) is 13.8. The van der Waals surface area contributed by atoms with Gasteiger partial charge in [0, 0.05) is 28.2 Å². The summed E-state index contributed by atoms with van der Waals surface area (Å²) in [6, 6.07) is 3.69. The molecule has 0 spiro atoms. The van der Waals surface area contributed by atoms with E-state index in [4.69, 9.17) is 0 Å². The summed E-state index contributed by atoms with van der Waals surface area (Å²) in [4.78, 5) is 27.4. The Hall–Kier alpha value is -2.32. The molecule has 0 bridgehead atoms. The number of thioether (sulfide) groups is 1. The standard InChI is InChI=1S/C18H17N5OS2/c24-15(23-22-9-12-4-3-7-19-8-12)10-25-17-16-13-5-1-2-6-14(13)26-18(16)21-11-20-17/h3-4,7-9,11H,1-2,5-6,10H2,(H,23,24)/b22-9-. The van der Waals surface area contributed by atoms with E-state index in [1.807, 2.05) is 12.1 Å². The molecule has 1 amide bonds. The Balaban J connectivity index is 1.42. The van der Waals surface area contributed by atoms with Crippen LogP contribution in [0.15, 0.2) is 41.0 Å². The van der Waals surface area contributed by atoms with E-state index in [2.05, 4.69) is 25.5 Å². The van der Waals surface area contributed by atoms with Crippen molar-refractivity contribution < 1.29 is 4.79 Å². The van der Waals surface area contributed by atoms with Gasteiger partial charge in [0.05, 0.1) is 12.0 Å². The fraction of sp³-hybridized carbons (Fsp3) is 0.278. The van der Waals surface area contributed by atoms with Crippen LogP contribution in [0.2, 0.25) is 0 Å². The number of amides is 1. The van der Waals surface area contributed by atoms with Crippen molar-refractivity contribution in [2.24, 2.45) is 5.10 Å². The molecule has 6 nitrogen and oxygen atoms in total. The van der Waals surface area contributed by atoms with Gasteiger partial charge in [0.2, 0.25) is 5.91 Å². The molecule has 26 heavy (non-hydrogen) atoms. The van der Waals surface area contributed by atoms with Crippen molar-refractivity contribution in [2.45, 2.75) is 30.7 Å². The first kappa shape index (κ1) is 17.1. The molecule has 3 aromatic rings. The minimum Gasteiger partial charge on any atom is -0.272 e. The Morgan fingerprint density at radius 1 is 1.35 bits per heavy atom. The van der Waals surface area contributed by atoms with Crippen LogP contribution in [0.5, 0.6) is 0 Å². The van der Waals surface area contributed by atoms with Gasteiger partial charge < -0.3 is 0 Å². The van der Waals surface area contributed by atoms with Crippen LogP contribution >= 0.6 is 23.1 Å². The van der Waals surface area contributed by atoms with Gasteiger partial charge in [-0.25, -0.2) is 15.4 Å². The summed E-state index contributed by atoms with van der Waals surface area (Å²) < 4.78 is 0. The maximum Gasteiger partial charge on any atom is 0.250 e. The summed E-state index contributed by atoms with van der Waals surface area (Å²) in [5.41, 5.74) is 4.77. The number of hydrogen-bond donors (Lipinski definition) is 1. The lowest BCUT2D eigenvalue weighted by molar-refractivity contribution is -0.118. The fourth-order valence-electron chi connectivity index (χ4n) is 2.97. The monoisotopic (exact) mass is 383 g/mol. The number of rotatable bonds is 5. The summed E-state index contributed by atoms with van der Waals surface area (Å²) in [6.45, 7) is 0. The number of hydrogen-bond acceptors (Lipinski definition) is 7. The third-order valence-electron chi connectivity index (χ3n) is 4.14. The summed E-state index contributed by atoms with van der Waals surface area (Å²) in [5.74, 6) is 0.104.